The summed E-state index contributed by atoms with van der Waals surface area (Å²) < 4.78 is 5.69. The van der Waals surface area contributed by atoms with Crippen LogP contribution >= 0.6 is 23.1 Å². The van der Waals surface area contributed by atoms with Gasteiger partial charge in [-0.2, -0.15) is 0 Å². The molecule has 0 spiro atoms. The molecule has 0 amide bonds. The van der Waals surface area contributed by atoms with Crippen molar-refractivity contribution in [3.63, 3.8) is 0 Å². The Morgan fingerprint density at radius 3 is 2.80 bits per heavy atom. The second-order valence-electron chi connectivity index (χ2n) is 5.59. The van der Waals surface area contributed by atoms with E-state index in [4.69, 9.17) is 4.74 Å². The number of hydrogen-bond donors (Lipinski definition) is 1. The van der Waals surface area contributed by atoms with E-state index in [0.29, 0.717) is 6.61 Å². The fourth-order valence-electron chi connectivity index (χ4n) is 2.76. The highest BCUT2D eigenvalue weighted by atomic mass is 32.2. The molecule has 3 heterocycles. The Hall–Kier alpha value is -2.24. The first-order chi connectivity index (χ1) is 12.3. The highest BCUT2D eigenvalue weighted by Gasteiger charge is 2.20. The van der Waals surface area contributed by atoms with Crippen molar-refractivity contribution in [2.24, 2.45) is 0 Å². The molecule has 1 unspecified atom stereocenters. The zero-order valence-electron chi connectivity index (χ0n) is 13.8. The molecule has 3 aromatic rings. The fourth-order valence-corrected chi connectivity index (χ4v) is 4.67. The van der Waals surface area contributed by atoms with E-state index in [1.165, 1.54) is 15.3 Å². The van der Waals surface area contributed by atoms with Gasteiger partial charge in [0.25, 0.3) is 0 Å². The summed E-state index contributed by atoms with van der Waals surface area (Å²) >= 11 is 3.57. The molecule has 0 bridgehead atoms. The molecule has 1 aliphatic heterocycles. The van der Waals surface area contributed by atoms with Gasteiger partial charge in [-0.15, -0.1) is 23.1 Å². The normalized spacial score (nSPS) is 16.4. The first kappa shape index (κ1) is 16.2. The zero-order valence-corrected chi connectivity index (χ0v) is 15.4. The molecule has 1 aromatic carbocycles. The van der Waals surface area contributed by atoms with Crippen molar-refractivity contribution in [2.75, 3.05) is 11.9 Å². The highest BCUT2D eigenvalue weighted by Crippen LogP contribution is 2.46. The average Bonchev–Trinajstić information content (AvgIpc) is 3.11. The van der Waals surface area contributed by atoms with Crippen LogP contribution in [0.1, 0.15) is 22.6 Å². The lowest BCUT2D eigenvalue weighted by Gasteiger charge is -2.13. The molecule has 126 valence electrons. The topological polar surface area (TPSA) is 34.1 Å². The van der Waals surface area contributed by atoms with Crippen molar-refractivity contribution in [1.29, 1.82) is 0 Å². The number of fused-ring (bicyclic) bond motifs is 1. The van der Waals surface area contributed by atoms with Crippen LogP contribution in [-0.2, 0) is 0 Å². The van der Waals surface area contributed by atoms with Crippen molar-refractivity contribution in [2.45, 2.75) is 17.1 Å². The molecule has 4 rings (SSSR count). The van der Waals surface area contributed by atoms with Crippen LogP contribution in [0.15, 0.2) is 71.2 Å². The number of nitrogens with one attached hydrogen (secondary N) is 1. The molecule has 0 radical (unpaired) electrons. The molecule has 5 heteroatoms. The number of thiophene rings is 1. The minimum atomic E-state index is 0.214. The van der Waals surface area contributed by atoms with Crippen LogP contribution in [0.5, 0.6) is 5.75 Å². The van der Waals surface area contributed by atoms with Crippen LogP contribution in [0, 0.1) is 0 Å². The number of hydrogen-bond acceptors (Lipinski definition) is 5. The van der Waals surface area contributed by atoms with Crippen LogP contribution in [0.4, 0.5) is 5.69 Å². The van der Waals surface area contributed by atoms with E-state index in [-0.39, 0.29) is 5.25 Å². The van der Waals surface area contributed by atoms with E-state index in [1.807, 2.05) is 37.1 Å². The second kappa shape index (κ2) is 7.33. The van der Waals surface area contributed by atoms with Crippen LogP contribution in [0.3, 0.4) is 0 Å². The summed E-state index contributed by atoms with van der Waals surface area (Å²) in [6, 6.07) is 14.6. The molecule has 0 saturated heterocycles. The Labute approximate surface area is 155 Å². The molecular weight excluding hydrogens is 348 g/mol. The first-order valence-corrected chi connectivity index (χ1v) is 9.95. The van der Waals surface area contributed by atoms with Crippen molar-refractivity contribution in [3.8, 4) is 5.75 Å². The van der Waals surface area contributed by atoms with Gasteiger partial charge in [-0.1, -0.05) is 6.07 Å². The summed E-state index contributed by atoms with van der Waals surface area (Å²) in [6.07, 6.45) is 6.00. The number of anilines is 1. The molecule has 2 aromatic heterocycles. The molecule has 25 heavy (non-hydrogen) atoms. The summed E-state index contributed by atoms with van der Waals surface area (Å²) in [5.41, 5.74) is 3.50. The quantitative estimate of drug-likeness (QED) is 0.629. The Morgan fingerprint density at radius 1 is 1.16 bits per heavy atom. The number of pyridine rings is 1. The maximum absolute atomic E-state index is 5.69. The van der Waals surface area contributed by atoms with Crippen molar-refractivity contribution >= 4 is 34.5 Å². The van der Waals surface area contributed by atoms with E-state index >= 15 is 0 Å². The van der Waals surface area contributed by atoms with Gasteiger partial charge in [-0.05, 0) is 60.3 Å². The molecule has 0 aliphatic carbocycles. The molecule has 1 aliphatic rings. The van der Waals surface area contributed by atoms with E-state index in [9.17, 15) is 0 Å². The maximum atomic E-state index is 5.69. The second-order valence-corrected chi connectivity index (χ2v) is 7.72. The highest BCUT2D eigenvalue weighted by molar-refractivity contribution is 7.99. The van der Waals surface area contributed by atoms with Gasteiger partial charge in [0.05, 0.1) is 28.1 Å². The van der Waals surface area contributed by atoms with E-state index in [2.05, 4.69) is 58.2 Å². The van der Waals surface area contributed by atoms with Gasteiger partial charge in [0.2, 0.25) is 0 Å². The van der Waals surface area contributed by atoms with Crippen molar-refractivity contribution in [1.82, 2.24) is 4.98 Å². The molecule has 0 fully saturated rings. The van der Waals surface area contributed by atoms with Crippen molar-refractivity contribution < 1.29 is 4.74 Å². The zero-order chi connectivity index (χ0) is 17.1. The Kier molecular flexibility index (Phi) is 4.76. The summed E-state index contributed by atoms with van der Waals surface area (Å²) in [5, 5.41) is 5.93. The lowest BCUT2D eigenvalue weighted by Crippen LogP contribution is -1.98. The predicted octanol–water partition coefficient (Wildman–Crippen LogP) is 5.84. The third-order valence-corrected chi connectivity index (χ3v) is 6.08. The number of rotatable bonds is 4. The summed E-state index contributed by atoms with van der Waals surface area (Å²) in [4.78, 5) is 6.58. The Morgan fingerprint density at radius 2 is 2.04 bits per heavy atom. The summed E-state index contributed by atoms with van der Waals surface area (Å²) in [6.45, 7) is 2.68. The van der Waals surface area contributed by atoms with Crippen LogP contribution in [-0.4, -0.2) is 11.6 Å². The Bertz CT molecular complexity index is 876. The summed E-state index contributed by atoms with van der Waals surface area (Å²) in [5.74, 6) is 0.906. The molecule has 1 atom stereocenters. The lowest BCUT2D eigenvalue weighted by molar-refractivity contribution is 0.339. The van der Waals surface area contributed by atoms with Gasteiger partial charge in [-0.3, -0.25) is 4.98 Å². The standard InChI is InChI=1S/C20H18N2OS2/c1-2-23-15-5-6-16-20(12-15)25-19(14-7-9-21-10-8-14)13-17(22-16)18-4-3-11-24-18/h3-13,19,22H,2H2,1H3. The summed E-state index contributed by atoms with van der Waals surface area (Å²) in [7, 11) is 0. The van der Waals surface area contributed by atoms with Crippen LogP contribution in [0.25, 0.3) is 5.70 Å². The predicted molar refractivity (Wildman–Crippen MR) is 106 cm³/mol. The number of ether oxygens (including phenoxy) is 1. The van der Waals surface area contributed by atoms with E-state index < -0.39 is 0 Å². The number of nitrogens with zero attached hydrogens (tertiary/aromatic N) is 1. The van der Waals surface area contributed by atoms with Gasteiger partial charge >= 0.3 is 0 Å². The van der Waals surface area contributed by atoms with E-state index in [0.717, 1.165) is 17.1 Å². The smallest absolute Gasteiger partial charge is 0.120 e. The van der Waals surface area contributed by atoms with Crippen LogP contribution < -0.4 is 10.1 Å². The minimum Gasteiger partial charge on any atom is -0.494 e. The Balaban J connectivity index is 1.78. The monoisotopic (exact) mass is 366 g/mol. The van der Waals surface area contributed by atoms with E-state index in [1.54, 1.807) is 11.3 Å². The number of benzene rings is 1. The molecule has 1 N–H and O–H groups in total. The largest absolute Gasteiger partial charge is 0.494 e. The van der Waals surface area contributed by atoms with Crippen molar-refractivity contribution in [3.05, 3.63) is 76.8 Å². The average molecular weight is 367 g/mol. The first-order valence-electron chi connectivity index (χ1n) is 8.19. The molecule has 0 saturated carbocycles. The third-order valence-electron chi connectivity index (χ3n) is 3.93. The SMILES string of the molecule is CCOc1ccc2c(c1)SC(c1ccncc1)C=C(c1cccs1)N2. The lowest BCUT2D eigenvalue weighted by atomic mass is 10.1. The third kappa shape index (κ3) is 3.57. The van der Waals surface area contributed by atoms with Gasteiger partial charge in [0.15, 0.2) is 0 Å². The number of thioether (sulfide) groups is 1. The fraction of sp³-hybridized carbons (Fsp3) is 0.150. The maximum Gasteiger partial charge on any atom is 0.120 e. The van der Waals surface area contributed by atoms with Gasteiger partial charge in [-0.25, -0.2) is 0 Å². The van der Waals surface area contributed by atoms with Crippen LogP contribution in [0.2, 0.25) is 0 Å². The van der Waals surface area contributed by atoms with Gasteiger partial charge in [0, 0.05) is 17.3 Å². The van der Waals surface area contributed by atoms with Gasteiger partial charge < -0.3 is 10.1 Å². The minimum absolute atomic E-state index is 0.214. The molecule has 3 nitrogen and oxygen atoms in total. The van der Waals surface area contributed by atoms with Gasteiger partial charge in [0.1, 0.15) is 5.75 Å². The number of aromatic nitrogens is 1. The molecular formula is C20H18N2OS2.